The number of hydrogen-bond acceptors (Lipinski definition) is 4. The number of piperazine rings is 1. The number of nitrogens with one attached hydrogen (secondary N) is 1. The van der Waals surface area contributed by atoms with Crippen molar-refractivity contribution in [3.8, 4) is 0 Å². The summed E-state index contributed by atoms with van der Waals surface area (Å²) in [5, 5.41) is 3.52. The Bertz CT molecular complexity index is 603. The number of pyridine rings is 1. The third-order valence-electron chi connectivity index (χ3n) is 3.36. The molecule has 3 rings (SSSR count). The first-order valence-corrected chi connectivity index (χ1v) is 6.80. The summed E-state index contributed by atoms with van der Waals surface area (Å²) in [4.78, 5) is 18.4. The molecule has 2 aromatic rings. The van der Waals surface area contributed by atoms with Gasteiger partial charge in [0.2, 0.25) is 0 Å². The molecular weight excluding hydrogens is 313 g/mol. The van der Waals surface area contributed by atoms with Crippen LogP contribution in [0.2, 0.25) is 5.22 Å². The summed E-state index contributed by atoms with van der Waals surface area (Å²) in [5.74, 6) is 0.123. The third kappa shape index (κ3) is 3.37. The van der Waals surface area contributed by atoms with Crippen LogP contribution in [0.1, 0.15) is 22.2 Å². The second-order valence-corrected chi connectivity index (χ2v) is 4.98. The van der Waals surface area contributed by atoms with Gasteiger partial charge in [-0.2, -0.15) is 0 Å². The van der Waals surface area contributed by atoms with Gasteiger partial charge in [-0.15, -0.1) is 12.4 Å². The molecule has 5 nitrogen and oxygen atoms in total. The van der Waals surface area contributed by atoms with E-state index in [1.54, 1.807) is 29.4 Å². The third-order valence-corrected chi connectivity index (χ3v) is 3.56. The molecule has 1 aliphatic rings. The van der Waals surface area contributed by atoms with Crippen LogP contribution in [0.4, 0.5) is 0 Å². The van der Waals surface area contributed by atoms with Crippen LogP contribution in [0.5, 0.6) is 0 Å². The number of nitrogens with zero attached hydrogens (tertiary/aromatic N) is 2. The van der Waals surface area contributed by atoms with E-state index in [-0.39, 0.29) is 35.3 Å². The average molecular weight is 328 g/mol. The van der Waals surface area contributed by atoms with E-state index < -0.39 is 0 Å². The molecule has 21 heavy (non-hydrogen) atoms. The lowest BCUT2D eigenvalue weighted by atomic mass is 10.1. The van der Waals surface area contributed by atoms with Gasteiger partial charge in [-0.1, -0.05) is 6.07 Å². The molecule has 0 bridgehead atoms. The summed E-state index contributed by atoms with van der Waals surface area (Å²) in [5.41, 5.74) is 1.01. The normalized spacial score (nSPS) is 18.1. The molecule has 0 spiro atoms. The summed E-state index contributed by atoms with van der Waals surface area (Å²) < 4.78 is 5.22. The topological polar surface area (TPSA) is 58.4 Å². The van der Waals surface area contributed by atoms with E-state index in [0.717, 1.165) is 12.1 Å². The highest BCUT2D eigenvalue weighted by Crippen LogP contribution is 2.24. The van der Waals surface area contributed by atoms with E-state index in [4.69, 9.17) is 16.0 Å². The van der Waals surface area contributed by atoms with Crippen LogP contribution in [0.25, 0.3) is 0 Å². The summed E-state index contributed by atoms with van der Waals surface area (Å²) in [6.07, 6.45) is 3.51. The van der Waals surface area contributed by atoms with Crippen LogP contribution in [-0.4, -0.2) is 35.4 Å². The Morgan fingerprint density at radius 1 is 1.43 bits per heavy atom. The van der Waals surface area contributed by atoms with Gasteiger partial charge >= 0.3 is 0 Å². The van der Waals surface area contributed by atoms with Gasteiger partial charge in [-0.3, -0.25) is 9.78 Å². The lowest BCUT2D eigenvalue weighted by Crippen LogP contribution is -2.48. The molecule has 1 fully saturated rings. The first kappa shape index (κ1) is 15.8. The number of carbonyl (C=O) groups excluding carboxylic acids is 1. The molecule has 1 aliphatic heterocycles. The summed E-state index contributed by atoms with van der Waals surface area (Å²) in [7, 11) is 0. The first-order chi connectivity index (χ1) is 9.75. The van der Waals surface area contributed by atoms with Crippen molar-refractivity contribution < 1.29 is 9.21 Å². The second kappa shape index (κ2) is 6.93. The Morgan fingerprint density at radius 3 is 2.95 bits per heavy atom. The minimum atomic E-state index is -0.146. The Hall–Kier alpha value is -1.56. The SMILES string of the molecule is Cl.O=C(c1ccc(Cl)o1)N1CCNCC1c1cccnc1. The molecule has 1 saturated heterocycles. The minimum Gasteiger partial charge on any atom is -0.440 e. The Balaban J connectivity index is 0.00000161. The number of hydrogen-bond donors (Lipinski definition) is 1. The van der Waals surface area contributed by atoms with Gasteiger partial charge in [0.1, 0.15) is 0 Å². The Morgan fingerprint density at radius 2 is 2.29 bits per heavy atom. The molecule has 0 saturated carbocycles. The van der Waals surface area contributed by atoms with Crippen molar-refractivity contribution in [1.29, 1.82) is 0 Å². The fourth-order valence-electron chi connectivity index (χ4n) is 2.39. The molecule has 1 N–H and O–H groups in total. The fraction of sp³-hybridized carbons (Fsp3) is 0.286. The predicted octanol–water partition coefficient (Wildman–Crippen LogP) is 2.54. The lowest BCUT2D eigenvalue weighted by molar-refractivity contribution is 0.0601. The summed E-state index contributed by atoms with van der Waals surface area (Å²) >= 11 is 5.74. The predicted molar refractivity (Wildman–Crippen MR) is 81.9 cm³/mol. The van der Waals surface area contributed by atoms with E-state index in [1.165, 1.54) is 0 Å². The fourth-order valence-corrected chi connectivity index (χ4v) is 2.54. The van der Waals surface area contributed by atoms with Gasteiger partial charge in [0, 0.05) is 32.0 Å². The van der Waals surface area contributed by atoms with Crippen molar-refractivity contribution >= 4 is 29.9 Å². The van der Waals surface area contributed by atoms with Crippen LogP contribution >= 0.6 is 24.0 Å². The molecule has 0 radical (unpaired) electrons. The largest absolute Gasteiger partial charge is 0.440 e. The quantitative estimate of drug-likeness (QED) is 0.920. The molecule has 0 aliphatic carbocycles. The monoisotopic (exact) mass is 327 g/mol. The number of halogens is 2. The van der Waals surface area contributed by atoms with E-state index >= 15 is 0 Å². The lowest BCUT2D eigenvalue weighted by Gasteiger charge is -2.35. The van der Waals surface area contributed by atoms with Crippen molar-refractivity contribution in [1.82, 2.24) is 15.2 Å². The van der Waals surface area contributed by atoms with Crippen molar-refractivity contribution in [2.75, 3.05) is 19.6 Å². The van der Waals surface area contributed by atoms with Crippen molar-refractivity contribution in [2.45, 2.75) is 6.04 Å². The number of carbonyl (C=O) groups is 1. The molecule has 3 heterocycles. The first-order valence-electron chi connectivity index (χ1n) is 6.42. The highest BCUT2D eigenvalue weighted by Gasteiger charge is 2.30. The highest BCUT2D eigenvalue weighted by molar-refractivity contribution is 6.29. The van der Waals surface area contributed by atoms with Crippen molar-refractivity contribution in [3.05, 3.63) is 53.2 Å². The molecule has 2 aromatic heterocycles. The zero-order valence-electron chi connectivity index (χ0n) is 11.2. The second-order valence-electron chi connectivity index (χ2n) is 4.61. The molecule has 1 unspecified atom stereocenters. The number of amides is 1. The van der Waals surface area contributed by atoms with E-state index in [2.05, 4.69) is 10.3 Å². The Kier molecular flexibility index (Phi) is 5.22. The molecule has 1 amide bonds. The zero-order valence-corrected chi connectivity index (χ0v) is 12.7. The Labute approximate surface area is 133 Å². The number of aromatic nitrogens is 1. The van der Waals surface area contributed by atoms with Crippen LogP contribution in [-0.2, 0) is 0 Å². The minimum absolute atomic E-state index is 0. The molecule has 0 aromatic carbocycles. The van der Waals surface area contributed by atoms with Crippen LogP contribution in [0.3, 0.4) is 0 Å². The van der Waals surface area contributed by atoms with Gasteiger partial charge in [0.05, 0.1) is 6.04 Å². The van der Waals surface area contributed by atoms with E-state index in [0.29, 0.717) is 13.1 Å². The zero-order chi connectivity index (χ0) is 13.9. The van der Waals surface area contributed by atoms with Gasteiger partial charge in [-0.25, -0.2) is 0 Å². The van der Waals surface area contributed by atoms with Crippen LogP contribution in [0, 0.1) is 0 Å². The van der Waals surface area contributed by atoms with Gasteiger partial charge in [0.15, 0.2) is 11.0 Å². The van der Waals surface area contributed by atoms with E-state index in [9.17, 15) is 4.79 Å². The van der Waals surface area contributed by atoms with Crippen molar-refractivity contribution in [3.63, 3.8) is 0 Å². The molecule has 1 atom stereocenters. The average Bonchev–Trinajstić information content (AvgIpc) is 2.94. The van der Waals surface area contributed by atoms with Crippen molar-refractivity contribution in [2.24, 2.45) is 0 Å². The smallest absolute Gasteiger partial charge is 0.290 e. The summed E-state index contributed by atoms with van der Waals surface area (Å²) in [6, 6.07) is 6.98. The van der Waals surface area contributed by atoms with Gasteiger partial charge in [0.25, 0.3) is 5.91 Å². The van der Waals surface area contributed by atoms with Crippen LogP contribution in [0.15, 0.2) is 41.1 Å². The standard InChI is InChI=1S/C14H14ClN3O2.ClH/c15-13-4-3-12(20-13)14(19)18-7-6-17-9-11(18)10-2-1-5-16-8-10;/h1-5,8,11,17H,6-7,9H2;1H. The number of furan rings is 1. The maximum atomic E-state index is 12.5. The van der Waals surface area contributed by atoms with Gasteiger partial charge < -0.3 is 14.6 Å². The summed E-state index contributed by atoms with van der Waals surface area (Å²) in [6.45, 7) is 2.08. The maximum absolute atomic E-state index is 12.5. The van der Waals surface area contributed by atoms with Gasteiger partial charge in [-0.05, 0) is 35.4 Å². The van der Waals surface area contributed by atoms with E-state index in [1.807, 2.05) is 12.1 Å². The maximum Gasteiger partial charge on any atom is 0.290 e. The molecule has 7 heteroatoms. The highest BCUT2D eigenvalue weighted by atomic mass is 35.5. The number of rotatable bonds is 2. The molecular formula is C14H15Cl2N3O2. The van der Waals surface area contributed by atoms with Crippen LogP contribution < -0.4 is 5.32 Å². The molecule has 112 valence electrons.